The zero-order chi connectivity index (χ0) is 25.9. The molecule has 8 heterocycles. The van der Waals surface area contributed by atoms with Crippen molar-refractivity contribution in [3.63, 3.8) is 0 Å². The van der Waals surface area contributed by atoms with E-state index in [1.54, 1.807) is 6.33 Å². The molecular weight excluding hydrogens is 482 g/mol. The van der Waals surface area contributed by atoms with Gasteiger partial charge in [-0.25, -0.2) is 9.78 Å². The molecule has 11 nitrogen and oxygen atoms in total. The van der Waals surface area contributed by atoms with Gasteiger partial charge in [-0.05, 0) is 69.2 Å². The lowest BCUT2D eigenvalue weighted by Crippen LogP contribution is -2.49. The van der Waals surface area contributed by atoms with Crippen molar-refractivity contribution in [3.8, 4) is 0 Å². The summed E-state index contributed by atoms with van der Waals surface area (Å²) in [6.45, 7) is 7.52. The number of nitrogens with one attached hydrogen (secondary N) is 4. The van der Waals surface area contributed by atoms with Crippen LogP contribution >= 0.6 is 0 Å². The summed E-state index contributed by atoms with van der Waals surface area (Å²) in [6, 6.07) is 6.69. The van der Waals surface area contributed by atoms with E-state index in [1.165, 1.54) is 0 Å². The van der Waals surface area contributed by atoms with Gasteiger partial charge in [0.2, 0.25) is 11.6 Å². The molecule has 8 bridgehead atoms. The van der Waals surface area contributed by atoms with Crippen LogP contribution in [-0.4, -0.2) is 69.3 Å². The number of imidazole rings is 1. The first-order valence-electron chi connectivity index (χ1n) is 13.7. The Morgan fingerprint density at radius 3 is 2.87 bits per heavy atom. The quantitative estimate of drug-likeness (QED) is 0.359. The van der Waals surface area contributed by atoms with Crippen LogP contribution in [-0.2, 0) is 4.74 Å². The normalized spacial score (nSPS) is 26.8. The summed E-state index contributed by atoms with van der Waals surface area (Å²) in [7, 11) is 0. The second kappa shape index (κ2) is 8.87. The van der Waals surface area contributed by atoms with Crippen LogP contribution in [0.4, 0.5) is 27.9 Å². The molecule has 198 valence electrons. The van der Waals surface area contributed by atoms with Gasteiger partial charge in [-0.1, -0.05) is 0 Å². The van der Waals surface area contributed by atoms with Gasteiger partial charge in [0.15, 0.2) is 11.5 Å². The number of carbonyl (C=O) groups is 1. The lowest BCUT2D eigenvalue weighted by Gasteiger charge is -2.30. The molecule has 1 aromatic carbocycles. The van der Waals surface area contributed by atoms with Crippen molar-refractivity contribution in [2.75, 3.05) is 48.3 Å². The van der Waals surface area contributed by atoms with Crippen molar-refractivity contribution in [1.82, 2.24) is 25.3 Å². The maximum absolute atomic E-state index is 13.5. The molecule has 0 radical (unpaired) electrons. The average molecular weight is 517 g/mol. The molecule has 2 aromatic heterocycles. The second-order valence-corrected chi connectivity index (χ2v) is 10.8. The minimum atomic E-state index is 0.0416. The number of benzene rings is 1. The Balaban J connectivity index is 1.25. The number of ether oxygens (including phenoxy) is 1. The first kappa shape index (κ1) is 23.3. The summed E-state index contributed by atoms with van der Waals surface area (Å²) in [5.41, 5.74) is 5.65. The molecule has 1 fully saturated rings. The molecule has 10 rings (SSSR count). The second-order valence-electron chi connectivity index (χ2n) is 10.8. The molecule has 6 aliphatic heterocycles. The third-order valence-corrected chi connectivity index (χ3v) is 8.60. The van der Waals surface area contributed by atoms with Gasteiger partial charge in [0.1, 0.15) is 18.7 Å². The topological polar surface area (TPSA) is 120 Å². The highest BCUT2D eigenvalue weighted by Crippen LogP contribution is 2.46. The maximum atomic E-state index is 13.5. The van der Waals surface area contributed by atoms with Crippen molar-refractivity contribution in [2.45, 2.75) is 45.6 Å². The van der Waals surface area contributed by atoms with E-state index in [2.05, 4.69) is 67.8 Å². The number of hydrogen-bond donors (Lipinski definition) is 4. The zero-order valence-electron chi connectivity index (χ0n) is 21.9. The van der Waals surface area contributed by atoms with Gasteiger partial charge in [-0.2, -0.15) is 9.97 Å². The van der Waals surface area contributed by atoms with E-state index < -0.39 is 0 Å². The number of urea groups is 1. The molecular formula is C27H34N9O2+. The standard InChI is InChI=1S/C27H33N9O2/c1-3-36-21-14-35(10-11-38-25(21)36)19-8-9-20(16(2)12-19)32-26-33-23-22(29-15-30-23)24(34-26)31-18-6-4-17(5-7-18)13-28-27(36)37/h8-9,12,15,17-18H,3-7,10-11,13-14H2,1-2H3,(H3-,28,29,30,31,32,33,34,37)/p+1. The highest BCUT2D eigenvalue weighted by atomic mass is 16.5. The third-order valence-electron chi connectivity index (χ3n) is 8.60. The molecule has 0 spiro atoms. The Morgan fingerprint density at radius 1 is 1.18 bits per heavy atom. The number of aryl methyl sites for hydroxylation is 1. The summed E-state index contributed by atoms with van der Waals surface area (Å²) in [5.74, 6) is 2.59. The maximum Gasteiger partial charge on any atom is 0.429 e. The number of fused-ring (bicyclic) bond motifs is 1. The van der Waals surface area contributed by atoms with Crippen molar-refractivity contribution in [2.24, 2.45) is 5.92 Å². The molecule has 1 aliphatic carbocycles. The lowest BCUT2D eigenvalue weighted by atomic mass is 9.86. The molecule has 4 N–H and O–H groups in total. The van der Waals surface area contributed by atoms with Gasteiger partial charge in [0.25, 0.3) is 0 Å². The monoisotopic (exact) mass is 516 g/mol. The molecule has 1 saturated carbocycles. The molecule has 7 aliphatic rings. The highest BCUT2D eigenvalue weighted by molar-refractivity contribution is 5.84. The largest absolute Gasteiger partial charge is 0.445 e. The summed E-state index contributed by atoms with van der Waals surface area (Å²) >= 11 is 0. The SMILES string of the molecule is CC[N+]12C(=O)NCC3CCC(CC3)Nc3nc(nc4nc[nH]c34)Nc3ccc(cc3C)N3CCOC1=C2C3. The van der Waals surface area contributed by atoms with E-state index >= 15 is 0 Å². The fraction of sp³-hybridized carbons (Fsp3) is 0.481. The van der Waals surface area contributed by atoms with Crippen LogP contribution < -0.4 is 20.9 Å². The van der Waals surface area contributed by atoms with Gasteiger partial charge in [0, 0.05) is 24.0 Å². The van der Waals surface area contributed by atoms with Gasteiger partial charge in [-0.3, -0.25) is 0 Å². The first-order valence-corrected chi connectivity index (χ1v) is 13.7. The first-order chi connectivity index (χ1) is 18.5. The van der Waals surface area contributed by atoms with E-state index in [1.807, 2.05) is 0 Å². The van der Waals surface area contributed by atoms with E-state index in [4.69, 9.17) is 9.72 Å². The number of carbonyl (C=O) groups excluding carboxylic acids is 1. The molecule has 1 atom stereocenters. The van der Waals surface area contributed by atoms with Crippen LogP contribution in [0.5, 0.6) is 0 Å². The predicted molar refractivity (Wildman–Crippen MR) is 145 cm³/mol. The molecule has 1 unspecified atom stereocenters. The van der Waals surface area contributed by atoms with Crippen molar-refractivity contribution in [3.05, 3.63) is 41.7 Å². The number of amides is 2. The van der Waals surface area contributed by atoms with Gasteiger partial charge in [-0.15, -0.1) is 4.48 Å². The zero-order valence-corrected chi connectivity index (χ0v) is 21.9. The molecule has 2 amide bonds. The van der Waals surface area contributed by atoms with Crippen molar-refractivity contribution < 1.29 is 14.0 Å². The summed E-state index contributed by atoms with van der Waals surface area (Å²) in [6.07, 6.45) is 5.80. The van der Waals surface area contributed by atoms with E-state index in [0.717, 1.165) is 72.1 Å². The highest BCUT2D eigenvalue weighted by Gasteiger charge is 2.65. The van der Waals surface area contributed by atoms with Crippen molar-refractivity contribution in [1.29, 1.82) is 0 Å². The van der Waals surface area contributed by atoms with Crippen LogP contribution in [0.25, 0.3) is 11.2 Å². The Hall–Kier alpha value is -3.86. The minimum absolute atomic E-state index is 0.0416. The summed E-state index contributed by atoms with van der Waals surface area (Å²) in [4.78, 5) is 32.9. The van der Waals surface area contributed by atoms with E-state index in [0.29, 0.717) is 49.8 Å². The Morgan fingerprint density at radius 2 is 2.05 bits per heavy atom. The van der Waals surface area contributed by atoms with Crippen LogP contribution in [0.15, 0.2) is 36.1 Å². The van der Waals surface area contributed by atoms with Gasteiger partial charge in [0.05, 0.1) is 19.4 Å². The fourth-order valence-electron chi connectivity index (χ4n) is 6.28. The van der Waals surface area contributed by atoms with E-state index in [9.17, 15) is 4.79 Å². The van der Waals surface area contributed by atoms with E-state index in [-0.39, 0.29) is 10.5 Å². The molecule has 38 heavy (non-hydrogen) atoms. The number of quaternary nitrogens is 1. The van der Waals surface area contributed by atoms with Crippen LogP contribution in [0.1, 0.15) is 38.2 Å². The number of aromatic nitrogens is 4. The lowest BCUT2D eigenvalue weighted by molar-refractivity contribution is -0.713. The Labute approximate surface area is 221 Å². The Kier molecular flexibility index (Phi) is 5.43. The summed E-state index contributed by atoms with van der Waals surface area (Å²) < 4.78 is 6.35. The number of aromatic amines is 1. The smallest absolute Gasteiger partial charge is 0.429 e. The number of rotatable bonds is 1. The number of H-pyrrole nitrogens is 1. The number of hydrogen-bond acceptors (Lipinski definition) is 8. The van der Waals surface area contributed by atoms with Crippen molar-refractivity contribution >= 4 is 40.3 Å². The number of likely N-dealkylation sites (N-methyl/N-ethyl adjacent to an activating group) is 1. The third kappa shape index (κ3) is 3.75. The predicted octanol–water partition coefficient (Wildman–Crippen LogP) is 3.95. The number of nitrogens with zero attached hydrogens (tertiary/aromatic N) is 5. The molecule has 0 saturated heterocycles. The van der Waals surface area contributed by atoms with Crippen LogP contribution in [0, 0.1) is 12.8 Å². The van der Waals surface area contributed by atoms with Gasteiger partial charge >= 0.3 is 11.9 Å². The van der Waals surface area contributed by atoms with Gasteiger partial charge < -0.3 is 30.6 Å². The number of anilines is 4. The molecule has 11 heteroatoms. The molecule has 3 aromatic rings. The minimum Gasteiger partial charge on any atom is -0.445 e. The Bertz CT molecular complexity index is 1440. The average Bonchev–Trinajstić information content (AvgIpc) is 3.38. The van der Waals surface area contributed by atoms with Crippen LogP contribution in [0.2, 0.25) is 0 Å². The summed E-state index contributed by atoms with van der Waals surface area (Å²) in [5, 5.41) is 10.3. The fourth-order valence-corrected chi connectivity index (χ4v) is 6.28. The van der Waals surface area contributed by atoms with Crippen LogP contribution in [0.3, 0.4) is 0 Å².